The molecule has 5 aliphatic rings. The van der Waals surface area contributed by atoms with Crippen molar-refractivity contribution in [3.63, 3.8) is 0 Å². The molecule has 0 spiro atoms. The molecule has 1 N–H and O–H groups in total. The SMILES string of the molecule is CC(C)(C)OC(=O)N[C@@H](Cc1ccccc1)C(=O)N1CCC[C@H]1B1O[C@@H]2[C@@H]3C[C@H](C[C@]2(C)O1)C3(C)C. The van der Waals surface area contributed by atoms with Crippen LogP contribution >= 0.6 is 0 Å². The molecule has 2 saturated heterocycles. The maximum Gasteiger partial charge on any atom is 0.481 e. The van der Waals surface area contributed by atoms with Gasteiger partial charge in [0.05, 0.1) is 17.6 Å². The first-order valence-electron chi connectivity index (χ1n) is 13.5. The van der Waals surface area contributed by atoms with E-state index >= 15 is 0 Å². The van der Waals surface area contributed by atoms with Gasteiger partial charge in [-0.05, 0) is 76.2 Å². The van der Waals surface area contributed by atoms with E-state index in [-0.39, 0.29) is 29.0 Å². The summed E-state index contributed by atoms with van der Waals surface area (Å²) < 4.78 is 18.8. The number of nitrogens with one attached hydrogen (secondary N) is 1. The molecule has 6 rings (SSSR count). The third-order valence-corrected chi connectivity index (χ3v) is 9.00. The van der Waals surface area contributed by atoms with Crippen molar-refractivity contribution in [1.82, 2.24) is 10.2 Å². The average molecular weight is 496 g/mol. The Morgan fingerprint density at radius 3 is 2.61 bits per heavy atom. The molecule has 196 valence electrons. The molecule has 0 unspecified atom stereocenters. The van der Waals surface area contributed by atoms with Gasteiger partial charge in [-0.25, -0.2) is 4.79 Å². The molecule has 8 heteroatoms. The fourth-order valence-electron chi connectivity index (χ4n) is 6.96. The van der Waals surface area contributed by atoms with Crippen molar-refractivity contribution in [1.29, 1.82) is 0 Å². The van der Waals surface area contributed by atoms with E-state index in [9.17, 15) is 9.59 Å². The third kappa shape index (κ3) is 4.67. The second kappa shape index (κ2) is 9.05. The Morgan fingerprint density at radius 1 is 1.22 bits per heavy atom. The number of nitrogens with zero attached hydrogens (tertiary/aromatic N) is 1. The van der Waals surface area contributed by atoms with E-state index in [0.717, 1.165) is 24.8 Å². The van der Waals surface area contributed by atoms with E-state index in [1.54, 1.807) is 0 Å². The molecule has 6 atom stereocenters. The molecular formula is C28H41BN2O5. The molecule has 5 fully saturated rings. The molecule has 0 aromatic heterocycles. The van der Waals surface area contributed by atoms with Gasteiger partial charge in [-0.3, -0.25) is 4.79 Å². The lowest BCUT2D eigenvalue weighted by Gasteiger charge is -2.63. The normalized spacial score (nSPS) is 33.5. The van der Waals surface area contributed by atoms with E-state index in [0.29, 0.717) is 24.8 Å². The zero-order valence-corrected chi connectivity index (χ0v) is 22.6. The standard InChI is InChI=1S/C28H41BN2O5/c1-26(2,3)34-25(33)30-21(15-18-11-8-7-9-12-18)24(32)31-14-10-13-22(31)29-35-23-20-16-19(27(20,4)5)17-28(23,6)36-29/h7-9,11-12,19-23H,10,13-17H2,1-6H3,(H,30,33)/t19-,20+,21+,22+,23-,28+/m1/s1. The molecule has 1 aromatic rings. The van der Waals surface area contributed by atoms with Crippen LogP contribution in [-0.4, -0.2) is 59.9 Å². The van der Waals surface area contributed by atoms with E-state index in [2.05, 4.69) is 26.1 Å². The maximum absolute atomic E-state index is 13.9. The minimum Gasteiger partial charge on any atom is -0.444 e. The second-order valence-corrected chi connectivity index (χ2v) is 13.0. The van der Waals surface area contributed by atoms with E-state index < -0.39 is 24.9 Å². The minimum absolute atomic E-state index is 0.0695. The smallest absolute Gasteiger partial charge is 0.444 e. The Kier molecular flexibility index (Phi) is 6.43. The fraction of sp³-hybridized carbons (Fsp3) is 0.714. The molecule has 2 amide bonds. The molecule has 0 radical (unpaired) electrons. The second-order valence-electron chi connectivity index (χ2n) is 13.0. The van der Waals surface area contributed by atoms with Gasteiger partial charge in [0.2, 0.25) is 5.91 Å². The van der Waals surface area contributed by atoms with Gasteiger partial charge < -0.3 is 24.3 Å². The van der Waals surface area contributed by atoms with Gasteiger partial charge in [0.1, 0.15) is 11.6 Å². The maximum atomic E-state index is 13.9. The van der Waals surface area contributed by atoms with E-state index in [1.165, 1.54) is 6.42 Å². The van der Waals surface area contributed by atoms with Gasteiger partial charge in [-0.2, -0.15) is 0 Å². The Labute approximate surface area is 215 Å². The first kappa shape index (κ1) is 25.6. The number of hydrogen-bond donors (Lipinski definition) is 1. The zero-order valence-electron chi connectivity index (χ0n) is 22.6. The summed E-state index contributed by atoms with van der Waals surface area (Å²) >= 11 is 0. The van der Waals surface area contributed by atoms with Gasteiger partial charge in [0.25, 0.3) is 0 Å². The Hall–Kier alpha value is -2.06. The van der Waals surface area contributed by atoms with Crippen molar-refractivity contribution < 1.29 is 23.6 Å². The Bertz CT molecular complexity index is 995. The third-order valence-electron chi connectivity index (χ3n) is 9.00. The van der Waals surface area contributed by atoms with Crippen molar-refractivity contribution in [3.05, 3.63) is 35.9 Å². The van der Waals surface area contributed by atoms with E-state index in [1.807, 2.05) is 56.0 Å². The van der Waals surface area contributed by atoms with Crippen molar-refractivity contribution in [2.45, 2.75) is 103 Å². The number of ether oxygens (including phenoxy) is 1. The average Bonchev–Trinajstić information content (AvgIpc) is 3.41. The van der Waals surface area contributed by atoms with Crippen LogP contribution in [0.25, 0.3) is 0 Å². The largest absolute Gasteiger partial charge is 0.481 e. The number of benzene rings is 1. The van der Waals surface area contributed by atoms with Crippen molar-refractivity contribution >= 4 is 19.1 Å². The van der Waals surface area contributed by atoms with Crippen LogP contribution in [0.3, 0.4) is 0 Å². The molecule has 2 heterocycles. The lowest BCUT2D eigenvalue weighted by Crippen LogP contribution is -2.63. The zero-order chi connectivity index (χ0) is 25.9. The number of hydrogen-bond acceptors (Lipinski definition) is 5. The number of likely N-dealkylation sites (tertiary alicyclic amines) is 1. The monoisotopic (exact) mass is 496 g/mol. The van der Waals surface area contributed by atoms with Gasteiger partial charge in [0, 0.05) is 13.0 Å². The van der Waals surface area contributed by atoms with Crippen LogP contribution in [0.1, 0.15) is 72.8 Å². The molecule has 3 aliphatic carbocycles. The molecule has 36 heavy (non-hydrogen) atoms. The van der Waals surface area contributed by atoms with Crippen LogP contribution in [0.5, 0.6) is 0 Å². The highest BCUT2D eigenvalue weighted by molar-refractivity contribution is 6.48. The minimum atomic E-state index is -0.728. The van der Waals surface area contributed by atoms with Gasteiger partial charge in [-0.15, -0.1) is 0 Å². The van der Waals surface area contributed by atoms with E-state index in [4.69, 9.17) is 14.0 Å². The summed E-state index contributed by atoms with van der Waals surface area (Å²) in [5.74, 6) is 0.903. The molecule has 2 aliphatic heterocycles. The lowest BCUT2D eigenvalue weighted by atomic mass is 9.45. The first-order valence-corrected chi connectivity index (χ1v) is 13.5. The highest BCUT2D eigenvalue weighted by atomic mass is 16.7. The quantitative estimate of drug-likeness (QED) is 0.613. The topological polar surface area (TPSA) is 77.1 Å². The molecular weight excluding hydrogens is 455 g/mol. The Balaban J connectivity index is 1.32. The number of amides is 2. The number of alkyl carbamates (subject to hydrolysis) is 1. The summed E-state index contributed by atoms with van der Waals surface area (Å²) in [5.41, 5.74) is 0.331. The molecule has 1 aromatic carbocycles. The van der Waals surface area contributed by atoms with Gasteiger partial charge >= 0.3 is 13.2 Å². The summed E-state index contributed by atoms with van der Waals surface area (Å²) in [6, 6.07) is 9.05. The fourth-order valence-corrected chi connectivity index (χ4v) is 6.96. The van der Waals surface area contributed by atoms with Gasteiger partial charge in [-0.1, -0.05) is 44.2 Å². The summed E-state index contributed by atoms with van der Waals surface area (Å²) in [5, 5.41) is 2.86. The van der Waals surface area contributed by atoms with Crippen LogP contribution in [-0.2, 0) is 25.3 Å². The van der Waals surface area contributed by atoms with Crippen molar-refractivity contribution in [2.75, 3.05) is 6.54 Å². The van der Waals surface area contributed by atoms with Crippen LogP contribution < -0.4 is 5.32 Å². The van der Waals surface area contributed by atoms with Gasteiger partial charge in [0.15, 0.2) is 0 Å². The van der Waals surface area contributed by atoms with Crippen LogP contribution in [0.4, 0.5) is 4.79 Å². The highest BCUT2D eigenvalue weighted by Gasteiger charge is 2.68. The number of carbonyl (C=O) groups excluding carboxylic acids is 2. The summed E-state index contributed by atoms with van der Waals surface area (Å²) in [7, 11) is -0.430. The van der Waals surface area contributed by atoms with Crippen LogP contribution in [0.15, 0.2) is 30.3 Å². The highest BCUT2D eigenvalue weighted by Crippen LogP contribution is 2.64. The molecule has 7 nitrogen and oxygen atoms in total. The first-order chi connectivity index (χ1) is 16.9. The molecule has 3 saturated carbocycles. The van der Waals surface area contributed by atoms with Crippen molar-refractivity contribution in [2.24, 2.45) is 17.3 Å². The summed E-state index contributed by atoms with van der Waals surface area (Å²) in [6.45, 7) is 13.0. The number of carbonyl (C=O) groups is 2. The summed E-state index contributed by atoms with van der Waals surface area (Å²) in [4.78, 5) is 28.5. The molecule has 2 bridgehead atoms. The van der Waals surface area contributed by atoms with Crippen molar-refractivity contribution in [3.8, 4) is 0 Å². The Morgan fingerprint density at radius 2 is 1.94 bits per heavy atom. The van der Waals surface area contributed by atoms with Crippen LogP contribution in [0.2, 0.25) is 0 Å². The predicted molar refractivity (Wildman–Crippen MR) is 138 cm³/mol. The lowest BCUT2D eigenvalue weighted by molar-refractivity contribution is -0.185. The number of rotatable bonds is 5. The van der Waals surface area contributed by atoms with Crippen LogP contribution in [0, 0.1) is 17.3 Å². The predicted octanol–water partition coefficient (Wildman–Crippen LogP) is 4.38. The summed E-state index contributed by atoms with van der Waals surface area (Å²) in [6.07, 6.45) is 3.82.